The predicted octanol–water partition coefficient (Wildman–Crippen LogP) is 1.04. The van der Waals surface area contributed by atoms with E-state index in [1.165, 1.54) is 32.1 Å². The summed E-state index contributed by atoms with van der Waals surface area (Å²) in [6.07, 6.45) is 1.50. The molecule has 1 heterocycles. The minimum absolute atomic E-state index is 0.311. The maximum absolute atomic E-state index is 11.0. The van der Waals surface area contributed by atoms with Gasteiger partial charge in [-0.3, -0.25) is 0 Å². The molecule has 1 aliphatic heterocycles. The van der Waals surface area contributed by atoms with Crippen LogP contribution in [0.4, 0.5) is 0 Å². The molecule has 7 heteroatoms. The van der Waals surface area contributed by atoms with Crippen LogP contribution in [0.1, 0.15) is 58.3 Å². The number of aliphatic carboxylic acids is 1. The third-order valence-corrected chi connectivity index (χ3v) is 4.09. The summed E-state index contributed by atoms with van der Waals surface area (Å²) in [5.74, 6) is -1.40. The van der Waals surface area contributed by atoms with E-state index in [0.717, 1.165) is 19.3 Å². The topological polar surface area (TPSA) is 116 Å². The molecule has 1 saturated heterocycles. The standard InChI is InChI=1S/C16H30O7/c1-2-3-4-5-6-7-8-9-10-22-16-13(19)11(17)12(18)14(23-16)15(20)21/h11-14,16-19H,2-10H2,1H3,(H,20,21)/t11-,12-,13+,14-,16+/m0/s1. The van der Waals surface area contributed by atoms with Crippen LogP contribution in [-0.4, -0.2) is 63.7 Å². The summed E-state index contributed by atoms with van der Waals surface area (Å²) in [6, 6.07) is 0. The average Bonchev–Trinajstić information content (AvgIpc) is 2.52. The number of carboxylic acids is 1. The Labute approximate surface area is 137 Å². The van der Waals surface area contributed by atoms with E-state index in [1.807, 2.05) is 0 Å². The van der Waals surface area contributed by atoms with Crippen LogP contribution in [0.25, 0.3) is 0 Å². The highest BCUT2D eigenvalue weighted by atomic mass is 16.7. The lowest BCUT2D eigenvalue weighted by Gasteiger charge is -2.38. The van der Waals surface area contributed by atoms with Gasteiger partial charge in [0.1, 0.15) is 18.3 Å². The van der Waals surface area contributed by atoms with E-state index >= 15 is 0 Å². The first-order valence-electron chi connectivity index (χ1n) is 8.53. The zero-order valence-electron chi connectivity index (χ0n) is 13.8. The maximum Gasteiger partial charge on any atom is 0.335 e. The molecule has 0 aromatic heterocycles. The molecule has 1 fully saturated rings. The fourth-order valence-electron chi connectivity index (χ4n) is 2.63. The Kier molecular flexibility index (Phi) is 9.66. The van der Waals surface area contributed by atoms with Gasteiger partial charge in [0.15, 0.2) is 12.4 Å². The molecule has 23 heavy (non-hydrogen) atoms. The zero-order chi connectivity index (χ0) is 17.2. The first-order chi connectivity index (χ1) is 11.0. The van der Waals surface area contributed by atoms with Crippen LogP contribution in [0.15, 0.2) is 0 Å². The number of ether oxygens (including phenoxy) is 2. The Morgan fingerprint density at radius 1 is 0.913 bits per heavy atom. The number of aliphatic hydroxyl groups is 3. The molecule has 0 amide bonds. The number of rotatable bonds is 11. The molecule has 5 atom stereocenters. The minimum Gasteiger partial charge on any atom is -0.479 e. The van der Waals surface area contributed by atoms with Crippen LogP contribution in [0.2, 0.25) is 0 Å². The predicted molar refractivity (Wildman–Crippen MR) is 82.9 cm³/mol. The quantitative estimate of drug-likeness (QED) is 0.417. The highest BCUT2D eigenvalue weighted by Crippen LogP contribution is 2.22. The van der Waals surface area contributed by atoms with Crippen molar-refractivity contribution < 1.29 is 34.7 Å². The highest BCUT2D eigenvalue weighted by Gasteiger charge is 2.47. The lowest BCUT2D eigenvalue weighted by molar-refractivity contribution is -0.294. The molecule has 0 spiro atoms. The largest absolute Gasteiger partial charge is 0.479 e. The smallest absolute Gasteiger partial charge is 0.335 e. The van der Waals surface area contributed by atoms with Crippen molar-refractivity contribution in [3.63, 3.8) is 0 Å². The van der Waals surface area contributed by atoms with Gasteiger partial charge >= 0.3 is 5.97 Å². The van der Waals surface area contributed by atoms with Gasteiger partial charge in [0.05, 0.1) is 0 Å². The van der Waals surface area contributed by atoms with Crippen LogP contribution in [-0.2, 0) is 14.3 Å². The number of aliphatic hydroxyl groups excluding tert-OH is 3. The summed E-state index contributed by atoms with van der Waals surface area (Å²) in [6.45, 7) is 2.50. The van der Waals surface area contributed by atoms with E-state index in [1.54, 1.807) is 0 Å². The highest BCUT2D eigenvalue weighted by molar-refractivity contribution is 5.73. The van der Waals surface area contributed by atoms with Gasteiger partial charge in [-0.15, -0.1) is 0 Å². The van der Waals surface area contributed by atoms with Crippen molar-refractivity contribution >= 4 is 5.97 Å². The maximum atomic E-state index is 11.0. The Hall–Kier alpha value is -0.730. The van der Waals surface area contributed by atoms with Gasteiger partial charge in [0.2, 0.25) is 0 Å². The lowest BCUT2D eigenvalue weighted by Crippen LogP contribution is -2.60. The molecule has 0 radical (unpaired) electrons. The molecule has 7 nitrogen and oxygen atoms in total. The molecule has 0 aromatic carbocycles. The number of hydrogen-bond donors (Lipinski definition) is 4. The Morgan fingerprint density at radius 2 is 1.48 bits per heavy atom. The molecule has 1 aliphatic rings. The lowest BCUT2D eigenvalue weighted by atomic mass is 9.99. The Balaban J connectivity index is 2.19. The second kappa shape index (κ2) is 10.9. The molecule has 4 N–H and O–H groups in total. The summed E-state index contributed by atoms with van der Waals surface area (Å²) < 4.78 is 10.4. The number of unbranched alkanes of at least 4 members (excludes halogenated alkanes) is 7. The molecule has 0 saturated carbocycles. The Morgan fingerprint density at radius 3 is 2.04 bits per heavy atom. The summed E-state index contributed by atoms with van der Waals surface area (Å²) >= 11 is 0. The molecule has 0 unspecified atom stereocenters. The van der Waals surface area contributed by atoms with Gasteiger partial charge in [0.25, 0.3) is 0 Å². The monoisotopic (exact) mass is 334 g/mol. The van der Waals surface area contributed by atoms with Crippen LogP contribution >= 0.6 is 0 Å². The van der Waals surface area contributed by atoms with E-state index in [2.05, 4.69) is 6.92 Å². The molecular weight excluding hydrogens is 304 g/mol. The van der Waals surface area contributed by atoms with Crippen molar-refractivity contribution in [3.8, 4) is 0 Å². The van der Waals surface area contributed by atoms with Gasteiger partial charge in [-0.1, -0.05) is 51.9 Å². The van der Waals surface area contributed by atoms with Gasteiger partial charge in [0, 0.05) is 6.61 Å². The first kappa shape index (κ1) is 20.3. The third kappa shape index (κ3) is 6.73. The van der Waals surface area contributed by atoms with E-state index in [9.17, 15) is 20.1 Å². The molecular formula is C16H30O7. The molecule has 136 valence electrons. The molecule has 0 aromatic rings. The van der Waals surface area contributed by atoms with Gasteiger partial charge in [-0.2, -0.15) is 0 Å². The van der Waals surface area contributed by atoms with Crippen molar-refractivity contribution in [2.75, 3.05) is 6.61 Å². The van der Waals surface area contributed by atoms with Crippen molar-refractivity contribution in [1.82, 2.24) is 0 Å². The van der Waals surface area contributed by atoms with Gasteiger partial charge in [-0.25, -0.2) is 4.79 Å². The summed E-state index contributed by atoms with van der Waals surface area (Å²) in [4.78, 5) is 11.0. The van der Waals surface area contributed by atoms with Crippen molar-refractivity contribution in [1.29, 1.82) is 0 Å². The van der Waals surface area contributed by atoms with Gasteiger partial charge < -0.3 is 29.9 Å². The fourth-order valence-corrected chi connectivity index (χ4v) is 2.63. The average molecular weight is 334 g/mol. The number of carboxylic acid groups (broad SMARTS) is 1. The van der Waals surface area contributed by atoms with Crippen LogP contribution in [0.5, 0.6) is 0 Å². The van der Waals surface area contributed by atoms with Crippen LogP contribution < -0.4 is 0 Å². The first-order valence-corrected chi connectivity index (χ1v) is 8.53. The summed E-state index contributed by atoms with van der Waals surface area (Å²) in [5.41, 5.74) is 0. The second-order valence-corrected chi connectivity index (χ2v) is 6.08. The van der Waals surface area contributed by atoms with Crippen molar-refractivity contribution in [3.05, 3.63) is 0 Å². The third-order valence-electron chi connectivity index (χ3n) is 4.09. The molecule has 0 aliphatic carbocycles. The van der Waals surface area contributed by atoms with E-state index < -0.39 is 36.7 Å². The SMILES string of the molecule is CCCCCCCCCCO[C@@H]1O[C@H](C(=O)O)[C@@H](O)[C@H](O)[C@H]1O. The minimum atomic E-state index is -1.68. The van der Waals surface area contributed by atoms with E-state index in [4.69, 9.17) is 14.6 Å². The summed E-state index contributed by atoms with van der Waals surface area (Å²) in [5, 5.41) is 37.9. The van der Waals surface area contributed by atoms with E-state index in [-0.39, 0.29) is 0 Å². The number of hydrogen-bond acceptors (Lipinski definition) is 6. The van der Waals surface area contributed by atoms with E-state index in [0.29, 0.717) is 6.61 Å². The molecule has 0 bridgehead atoms. The molecule has 1 rings (SSSR count). The van der Waals surface area contributed by atoms with Crippen molar-refractivity contribution in [2.24, 2.45) is 0 Å². The normalized spacial score (nSPS) is 31.2. The zero-order valence-corrected chi connectivity index (χ0v) is 13.8. The van der Waals surface area contributed by atoms with Crippen LogP contribution in [0, 0.1) is 0 Å². The van der Waals surface area contributed by atoms with Gasteiger partial charge in [-0.05, 0) is 6.42 Å². The van der Waals surface area contributed by atoms with Crippen molar-refractivity contribution in [2.45, 2.75) is 89.0 Å². The fraction of sp³-hybridized carbons (Fsp3) is 0.938. The summed E-state index contributed by atoms with van der Waals surface area (Å²) in [7, 11) is 0. The van der Waals surface area contributed by atoms with Crippen LogP contribution in [0.3, 0.4) is 0 Å². The Bertz CT molecular complexity index is 336. The number of carbonyl (C=O) groups is 1. The second-order valence-electron chi connectivity index (χ2n) is 6.08.